The Balaban J connectivity index is 0.00000243. The number of hydrogen-bond acceptors (Lipinski definition) is 4. The Morgan fingerprint density at radius 1 is 1.42 bits per heavy atom. The van der Waals surface area contributed by atoms with Gasteiger partial charge in [0.25, 0.3) is 0 Å². The topological polar surface area (TPSA) is 59.0 Å². The standard InChI is InChI=1S/C18H23FN4OS.ClH/c1-23-11-14(8-22-23)15-9-20-10-16(15)18(24)21-6-7-25-12-13-4-2-3-5-17(13)19;/h2-5,8,11,15-16,20H,6-7,9-10,12H2,1H3,(H,21,24);1H/t15-,16+;/m1./s1. The van der Waals surface area contributed by atoms with Gasteiger partial charge in [0.1, 0.15) is 5.82 Å². The van der Waals surface area contributed by atoms with E-state index in [2.05, 4.69) is 15.7 Å². The van der Waals surface area contributed by atoms with Gasteiger partial charge in [-0.15, -0.1) is 12.4 Å². The minimum absolute atomic E-state index is 0. The number of nitrogens with zero attached hydrogens (tertiary/aromatic N) is 2. The van der Waals surface area contributed by atoms with E-state index >= 15 is 0 Å². The molecule has 1 aliphatic rings. The largest absolute Gasteiger partial charge is 0.355 e. The van der Waals surface area contributed by atoms with Gasteiger partial charge in [0.15, 0.2) is 0 Å². The van der Waals surface area contributed by atoms with Gasteiger partial charge in [-0.3, -0.25) is 9.48 Å². The van der Waals surface area contributed by atoms with Crippen LogP contribution in [0.5, 0.6) is 0 Å². The van der Waals surface area contributed by atoms with E-state index in [1.165, 1.54) is 6.07 Å². The van der Waals surface area contributed by atoms with Crippen molar-refractivity contribution in [2.45, 2.75) is 11.7 Å². The summed E-state index contributed by atoms with van der Waals surface area (Å²) in [5.74, 6) is 1.38. The van der Waals surface area contributed by atoms with Crippen LogP contribution in [0.4, 0.5) is 4.39 Å². The second-order valence-electron chi connectivity index (χ2n) is 6.25. The number of thioether (sulfide) groups is 1. The minimum Gasteiger partial charge on any atom is -0.355 e. The van der Waals surface area contributed by atoms with Crippen LogP contribution in [-0.4, -0.2) is 41.1 Å². The third-order valence-electron chi connectivity index (χ3n) is 4.47. The van der Waals surface area contributed by atoms with Crippen molar-refractivity contribution in [1.82, 2.24) is 20.4 Å². The number of aromatic nitrogens is 2. The highest BCUT2D eigenvalue weighted by molar-refractivity contribution is 7.98. The number of rotatable bonds is 7. The molecule has 0 unspecified atom stereocenters. The maximum Gasteiger partial charge on any atom is 0.225 e. The molecule has 0 saturated carbocycles. The lowest BCUT2D eigenvalue weighted by molar-refractivity contribution is -0.124. The first-order chi connectivity index (χ1) is 12.1. The van der Waals surface area contributed by atoms with Gasteiger partial charge in [-0.25, -0.2) is 4.39 Å². The molecule has 5 nitrogen and oxygen atoms in total. The van der Waals surface area contributed by atoms with E-state index in [9.17, 15) is 9.18 Å². The van der Waals surface area contributed by atoms with Crippen molar-refractivity contribution in [3.8, 4) is 0 Å². The smallest absolute Gasteiger partial charge is 0.225 e. The van der Waals surface area contributed by atoms with Crippen LogP contribution in [0.25, 0.3) is 0 Å². The first-order valence-corrected chi connectivity index (χ1v) is 9.58. The molecule has 1 amide bonds. The van der Waals surface area contributed by atoms with Gasteiger partial charge in [-0.1, -0.05) is 18.2 Å². The van der Waals surface area contributed by atoms with Crippen LogP contribution in [0, 0.1) is 11.7 Å². The predicted octanol–water partition coefficient (Wildman–Crippen LogP) is 2.33. The fourth-order valence-electron chi connectivity index (χ4n) is 3.11. The maximum atomic E-state index is 13.5. The molecule has 2 N–H and O–H groups in total. The quantitative estimate of drug-likeness (QED) is 0.703. The molecule has 8 heteroatoms. The Bertz CT molecular complexity index is 727. The lowest BCUT2D eigenvalue weighted by atomic mass is 9.90. The van der Waals surface area contributed by atoms with Crippen molar-refractivity contribution < 1.29 is 9.18 Å². The number of carbonyl (C=O) groups excluding carboxylic acids is 1. The maximum absolute atomic E-state index is 13.5. The highest BCUT2D eigenvalue weighted by atomic mass is 35.5. The second kappa shape index (κ2) is 9.94. The molecule has 1 saturated heterocycles. The Labute approximate surface area is 163 Å². The second-order valence-corrected chi connectivity index (χ2v) is 7.36. The van der Waals surface area contributed by atoms with Crippen LogP contribution in [0.3, 0.4) is 0 Å². The number of amides is 1. The van der Waals surface area contributed by atoms with Crippen molar-refractivity contribution in [2.75, 3.05) is 25.4 Å². The van der Waals surface area contributed by atoms with E-state index in [1.807, 2.05) is 25.5 Å². The van der Waals surface area contributed by atoms with Crippen LogP contribution in [0.1, 0.15) is 17.0 Å². The zero-order chi connectivity index (χ0) is 17.6. The summed E-state index contributed by atoms with van der Waals surface area (Å²) in [5.41, 5.74) is 1.80. The van der Waals surface area contributed by atoms with Crippen LogP contribution < -0.4 is 10.6 Å². The van der Waals surface area contributed by atoms with Gasteiger partial charge in [-0.2, -0.15) is 16.9 Å². The summed E-state index contributed by atoms with van der Waals surface area (Å²) in [7, 11) is 1.88. The SMILES string of the molecule is Cl.Cn1cc([C@H]2CNC[C@@H]2C(=O)NCCSCc2ccccc2F)cn1. The highest BCUT2D eigenvalue weighted by Gasteiger charge is 2.34. The number of nitrogens with one attached hydrogen (secondary N) is 2. The van der Waals surface area contributed by atoms with Crippen LogP contribution in [0.2, 0.25) is 0 Å². The molecule has 2 heterocycles. The first kappa shape index (κ1) is 20.7. The third kappa shape index (κ3) is 5.22. The van der Waals surface area contributed by atoms with Crippen molar-refractivity contribution in [3.05, 3.63) is 53.6 Å². The van der Waals surface area contributed by atoms with E-state index in [4.69, 9.17) is 0 Å². The molecule has 0 aliphatic carbocycles. The molecule has 1 fully saturated rings. The van der Waals surface area contributed by atoms with E-state index in [0.717, 1.165) is 17.9 Å². The minimum atomic E-state index is -0.171. The molecule has 1 aliphatic heterocycles. The van der Waals surface area contributed by atoms with Gasteiger partial charge in [-0.05, 0) is 17.2 Å². The zero-order valence-electron chi connectivity index (χ0n) is 14.7. The molecule has 2 atom stereocenters. The number of benzene rings is 1. The summed E-state index contributed by atoms with van der Waals surface area (Å²) < 4.78 is 15.3. The Morgan fingerprint density at radius 3 is 2.96 bits per heavy atom. The van der Waals surface area contributed by atoms with Crippen molar-refractivity contribution >= 4 is 30.1 Å². The van der Waals surface area contributed by atoms with E-state index in [-0.39, 0.29) is 36.0 Å². The van der Waals surface area contributed by atoms with Crippen LogP contribution in [0.15, 0.2) is 36.7 Å². The molecular weight excluding hydrogens is 375 g/mol. The van der Waals surface area contributed by atoms with Gasteiger partial charge >= 0.3 is 0 Å². The normalized spacial score (nSPS) is 19.2. The number of aryl methyl sites for hydroxylation is 1. The van der Waals surface area contributed by atoms with E-state index < -0.39 is 0 Å². The summed E-state index contributed by atoms with van der Waals surface area (Å²) in [6.45, 7) is 2.08. The fourth-order valence-corrected chi connectivity index (χ4v) is 3.96. The average molecular weight is 399 g/mol. The molecule has 1 aromatic carbocycles. The van der Waals surface area contributed by atoms with Gasteiger partial charge in [0.05, 0.1) is 12.1 Å². The van der Waals surface area contributed by atoms with Gasteiger partial charge in [0, 0.05) is 50.3 Å². The molecular formula is C18H24ClFN4OS. The van der Waals surface area contributed by atoms with Crippen molar-refractivity contribution in [1.29, 1.82) is 0 Å². The predicted molar refractivity (Wildman–Crippen MR) is 105 cm³/mol. The molecule has 0 spiro atoms. The summed E-state index contributed by atoms with van der Waals surface area (Å²) >= 11 is 1.62. The number of halogens is 2. The Morgan fingerprint density at radius 2 is 2.23 bits per heavy atom. The molecule has 142 valence electrons. The number of carbonyl (C=O) groups is 1. The summed E-state index contributed by atoms with van der Waals surface area (Å²) in [4.78, 5) is 12.5. The molecule has 0 radical (unpaired) electrons. The monoisotopic (exact) mass is 398 g/mol. The molecule has 3 rings (SSSR count). The lowest BCUT2D eigenvalue weighted by Crippen LogP contribution is -2.35. The lowest BCUT2D eigenvalue weighted by Gasteiger charge is -2.17. The summed E-state index contributed by atoms with van der Waals surface area (Å²) in [6, 6.07) is 6.80. The van der Waals surface area contributed by atoms with Gasteiger partial charge < -0.3 is 10.6 Å². The van der Waals surface area contributed by atoms with E-state index in [1.54, 1.807) is 28.6 Å². The highest BCUT2D eigenvalue weighted by Crippen LogP contribution is 2.27. The van der Waals surface area contributed by atoms with E-state index in [0.29, 0.717) is 24.4 Å². The molecule has 1 aromatic heterocycles. The molecule has 26 heavy (non-hydrogen) atoms. The van der Waals surface area contributed by atoms with Crippen molar-refractivity contribution in [2.24, 2.45) is 13.0 Å². The molecule has 0 bridgehead atoms. The third-order valence-corrected chi connectivity index (χ3v) is 5.47. The molecule has 2 aromatic rings. The first-order valence-electron chi connectivity index (χ1n) is 8.43. The summed E-state index contributed by atoms with van der Waals surface area (Å²) in [5, 5.41) is 10.5. The van der Waals surface area contributed by atoms with Crippen LogP contribution >= 0.6 is 24.2 Å². The Kier molecular flexibility index (Phi) is 7.93. The van der Waals surface area contributed by atoms with Gasteiger partial charge in [0.2, 0.25) is 5.91 Å². The summed E-state index contributed by atoms with van der Waals surface area (Å²) in [6.07, 6.45) is 3.81. The van der Waals surface area contributed by atoms with Crippen molar-refractivity contribution in [3.63, 3.8) is 0 Å². The van der Waals surface area contributed by atoms with Crippen LogP contribution in [-0.2, 0) is 17.6 Å². The number of hydrogen-bond donors (Lipinski definition) is 2. The Hall–Kier alpha value is -1.57. The fraction of sp³-hybridized carbons (Fsp3) is 0.444. The average Bonchev–Trinajstić information content (AvgIpc) is 3.24. The zero-order valence-corrected chi connectivity index (χ0v) is 16.3.